The van der Waals surface area contributed by atoms with Crippen molar-refractivity contribution < 1.29 is 19.4 Å². The molecule has 0 aliphatic rings. The number of rotatable bonds is 6. The van der Waals surface area contributed by atoms with Gasteiger partial charge in [0.05, 0.1) is 13.0 Å². The quantitative estimate of drug-likeness (QED) is 0.791. The third-order valence-electron chi connectivity index (χ3n) is 3.36. The molecule has 0 bridgehead atoms. The number of carbonyl (C=O) groups is 2. The monoisotopic (exact) mass is 362 g/mol. The second-order valence-electron chi connectivity index (χ2n) is 4.77. The van der Waals surface area contributed by atoms with E-state index < -0.39 is 11.9 Å². The Hall–Kier alpha value is -2.14. The van der Waals surface area contributed by atoms with E-state index >= 15 is 0 Å². The first-order valence-electron chi connectivity index (χ1n) is 6.67. The number of carbonyl (C=O) groups excluding carboxylic acids is 1. The van der Waals surface area contributed by atoms with Gasteiger partial charge in [-0.25, -0.2) is 0 Å². The maximum Gasteiger partial charge on any atom is 0.311 e. The summed E-state index contributed by atoms with van der Waals surface area (Å²) < 4.78 is 5.77. The maximum atomic E-state index is 12.4. The van der Waals surface area contributed by atoms with Crippen LogP contribution in [0.15, 0.2) is 53.0 Å². The van der Waals surface area contributed by atoms with Crippen molar-refractivity contribution in [1.29, 1.82) is 0 Å². The molecule has 0 radical (unpaired) electrons. The van der Waals surface area contributed by atoms with Crippen LogP contribution in [-0.4, -0.2) is 24.0 Å². The number of aliphatic carboxylic acids is 1. The van der Waals surface area contributed by atoms with Crippen molar-refractivity contribution in [3.63, 3.8) is 0 Å². The second kappa shape index (κ2) is 7.22. The van der Waals surface area contributed by atoms with E-state index in [-0.39, 0.29) is 12.2 Å². The van der Waals surface area contributed by atoms with Gasteiger partial charge in [-0.15, -0.1) is 0 Å². The highest BCUT2D eigenvalue weighted by Crippen LogP contribution is 2.29. The van der Waals surface area contributed by atoms with E-state index in [1.54, 1.807) is 48.5 Å². The van der Waals surface area contributed by atoms with Crippen molar-refractivity contribution in [3.8, 4) is 5.75 Å². The highest BCUT2D eigenvalue weighted by Gasteiger charge is 2.25. The van der Waals surface area contributed by atoms with Crippen LogP contribution in [0.1, 0.15) is 28.3 Å². The van der Waals surface area contributed by atoms with Gasteiger partial charge in [-0.2, -0.15) is 0 Å². The smallest absolute Gasteiger partial charge is 0.311 e. The van der Waals surface area contributed by atoms with Crippen molar-refractivity contribution in [2.24, 2.45) is 0 Å². The van der Waals surface area contributed by atoms with Gasteiger partial charge in [0.25, 0.3) is 0 Å². The Morgan fingerprint density at radius 1 is 1.18 bits per heavy atom. The summed E-state index contributed by atoms with van der Waals surface area (Å²) in [5.41, 5.74) is 1.03. The number of benzene rings is 2. The van der Waals surface area contributed by atoms with E-state index in [9.17, 15) is 14.7 Å². The molecule has 0 saturated heterocycles. The van der Waals surface area contributed by atoms with E-state index in [4.69, 9.17) is 4.74 Å². The molecule has 0 spiro atoms. The number of halogens is 1. The molecule has 0 aromatic heterocycles. The van der Waals surface area contributed by atoms with E-state index in [1.165, 1.54) is 7.11 Å². The number of hydrogen-bond acceptors (Lipinski definition) is 3. The number of carboxylic acid groups (broad SMARTS) is 1. The van der Waals surface area contributed by atoms with Crippen LogP contribution in [0, 0.1) is 0 Å². The van der Waals surface area contributed by atoms with Crippen LogP contribution < -0.4 is 4.74 Å². The first-order chi connectivity index (χ1) is 10.5. The summed E-state index contributed by atoms with van der Waals surface area (Å²) in [6.45, 7) is 0. The van der Waals surface area contributed by atoms with Crippen molar-refractivity contribution >= 4 is 27.7 Å². The molecule has 1 atom stereocenters. The summed E-state index contributed by atoms with van der Waals surface area (Å²) in [6, 6.07) is 13.7. The first kappa shape index (κ1) is 16.2. The largest absolute Gasteiger partial charge is 0.497 e. The van der Waals surface area contributed by atoms with Gasteiger partial charge in [0, 0.05) is 16.5 Å². The summed E-state index contributed by atoms with van der Waals surface area (Å²) in [5.74, 6) is -1.59. The van der Waals surface area contributed by atoms with Crippen LogP contribution in [0.2, 0.25) is 0 Å². The van der Waals surface area contributed by atoms with Crippen LogP contribution in [0.3, 0.4) is 0 Å². The predicted octanol–water partition coefficient (Wildman–Crippen LogP) is 3.90. The summed E-state index contributed by atoms with van der Waals surface area (Å²) in [6.07, 6.45) is -0.106. The maximum absolute atomic E-state index is 12.4. The molecular formula is C17H15BrO4. The summed E-state index contributed by atoms with van der Waals surface area (Å²) in [5, 5.41) is 9.45. The topological polar surface area (TPSA) is 63.6 Å². The van der Waals surface area contributed by atoms with Crippen LogP contribution in [-0.2, 0) is 4.79 Å². The van der Waals surface area contributed by atoms with E-state index in [1.807, 2.05) is 0 Å². The van der Waals surface area contributed by atoms with Crippen LogP contribution in [0.25, 0.3) is 0 Å². The Morgan fingerprint density at radius 3 is 2.55 bits per heavy atom. The molecule has 22 heavy (non-hydrogen) atoms. The first-order valence-corrected chi connectivity index (χ1v) is 7.46. The lowest BCUT2D eigenvalue weighted by Crippen LogP contribution is -2.17. The molecule has 2 aromatic carbocycles. The molecule has 0 saturated carbocycles. The Balaban J connectivity index is 2.26. The van der Waals surface area contributed by atoms with Gasteiger partial charge < -0.3 is 9.84 Å². The lowest BCUT2D eigenvalue weighted by Gasteiger charge is -2.14. The van der Waals surface area contributed by atoms with Gasteiger partial charge in [-0.05, 0) is 23.8 Å². The lowest BCUT2D eigenvalue weighted by molar-refractivity contribution is -0.138. The number of carboxylic acids is 1. The zero-order chi connectivity index (χ0) is 16.1. The zero-order valence-corrected chi connectivity index (χ0v) is 13.5. The number of ketones is 1. The predicted molar refractivity (Wildman–Crippen MR) is 86.5 cm³/mol. The standard InChI is InChI=1S/C17H15BrO4/c1-22-12-6-4-5-11(9-12)16(19)10-14(17(20)21)13-7-2-3-8-15(13)18/h2-9,14H,10H2,1H3,(H,20,21). The molecule has 2 aromatic rings. The van der Waals surface area contributed by atoms with E-state index in [0.29, 0.717) is 21.3 Å². The fourth-order valence-electron chi connectivity index (χ4n) is 2.19. The number of hydrogen-bond donors (Lipinski definition) is 1. The second-order valence-corrected chi connectivity index (χ2v) is 5.63. The number of Topliss-reactive ketones (excluding diaryl/α,β-unsaturated/α-hetero) is 1. The number of ether oxygens (including phenoxy) is 1. The third kappa shape index (κ3) is 3.74. The SMILES string of the molecule is COc1cccc(C(=O)CC(C(=O)O)c2ccccc2Br)c1. The number of methoxy groups -OCH3 is 1. The molecule has 0 amide bonds. The molecule has 4 nitrogen and oxygen atoms in total. The van der Waals surface area contributed by atoms with Crippen LogP contribution in [0.5, 0.6) is 5.75 Å². The Labute approximate surface area is 136 Å². The molecular weight excluding hydrogens is 348 g/mol. The van der Waals surface area contributed by atoms with Gasteiger partial charge in [-0.1, -0.05) is 46.3 Å². The van der Waals surface area contributed by atoms with Crippen molar-refractivity contribution in [1.82, 2.24) is 0 Å². The summed E-state index contributed by atoms with van der Waals surface area (Å²) in [7, 11) is 1.52. The zero-order valence-electron chi connectivity index (χ0n) is 12.0. The Morgan fingerprint density at radius 2 is 1.91 bits per heavy atom. The fraction of sp³-hybridized carbons (Fsp3) is 0.176. The van der Waals surface area contributed by atoms with Gasteiger partial charge in [0.15, 0.2) is 5.78 Å². The highest BCUT2D eigenvalue weighted by atomic mass is 79.9. The molecule has 0 fully saturated rings. The average Bonchev–Trinajstić information content (AvgIpc) is 2.53. The minimum absolute atomic E-state index is 0.106. The van der Waals surface area contributed by atoms with Crippen molar-refractivity contribution in [2.75, 3.05) is 7.11 Å². The van der Waals surface area contributed by atoms with Crippen molar-refractivity contribution in [2.45, 2.75) is 12.3 Å². The minimum atomic E-state index is -1.02. The van der Waals surface area contributed by atoms with Crippen LogP contribution in [0.4, 0.5) is 0 Å². The van der Waals surface area contributed by atoms with Crippen LogP contribution >= 0.6 is 15.9 Å². The molecule has 2 rings (SSSR count). The van der Waals surface area contributed by atoms with Gasteiger partial charge in [0.1, 0.15) is 5.75 Å². The Kier molecular flexibility index (Phi) is 5.33. The molecule has 114 valence electrons. The lowest BCUT2D eigenvalue weighted by atomic mass is 9.91. The molecule has 1 N–H and O–H groups in total. The van der Waals surface area contributed by atoms with Crippen molar-refractivity contribution in [3.05, 3.63) is 64.1 Å². The molecule has 5 heteroatoms. The van der Waals surface area contributed by atoms with Gasteiger partial charge in [0.2, 0.25) is 0 Å². The van der Waals surface area contributed by atoms with Gasteiger partial charge in [-0.3, -0.25) is 9.59 Å². The third-order valence-corrected chi connectivity index (χ3v) is 4.08. The van der Waals surface area contributed by atoms with E-state index in [2.05, 4.69) is 15.9 Å². The molecule has 0 heterocycles. The molecule has 0 aliphatic carbocycles. The Bertz CT molecular complexity index is 697. The molecule has 0 aliphatic heterocycles. The van der Waals surface area contributed by atoms with Gasteiger partial charge >= 0.3 is 5.97 Å². The highest BCUT2D eigenvalue weighted by molar-refractivity contribution is 9.10. The molecule has 1 unspecified atom stereocenters. The average molecular weight is 363 g/mol. The van der Waals surface area contributed by atoms with E-state index in [0.717, 1.165) is 0 Å². The summed E-state index contributed by atoms with van der Waals surface area (Å²) >= 11 is 3.34. The fourth-order valence-corrected chi connectivity index (χ4v) is 2.75. The normalized spacial score (nSPS) is 11.7. The summed E-state index contributed by atoms with van der Waals surface area (Å²) in [4.78, 5) is 23.9. The minimum Gasteiger partial charge on any atom is -0.497 e.